The molecule has 0 spiro atoms. The smallest absolute Gasteiger partial charge is 0.0777 e. The van der Waals surface area contributed by atoms with Crippen molar-refractivity contribution in [3.05, 3.63) is 0 Å². The average Bonchev–Trinajstić information content (AvgIpc) is 0.722. The van der Waals surface area contributed by atoms with Gasteiger partial charge in [0.2, 0.25) is 0 Å². The lowest BCUT2D eigenvalue weighted by Gasteiger charge is -2.03. The summed E-state index contributed by atoms with van der Waals surface area (Å²) in [4.78, 5) is 0. The van der Waals surface area contributed by atoms with E-state index in [1.807, 2.05) is 0 Å². The van der Waals surface area contributed by atoms with Crippen LogP contribution < -0.4 is 14.0 Å². The Kier molecular flexibility index (Phi) is 4.54. The lowest BCUT2D eigenvalue weighted by atomic mass is 15.8. The van der Waals surface area contributed by atoms with Crippen molar-refractivity contribution in [2.75, 3.05) is 0 Å². The highest BCUT2D eigenvalue weighted by atomic mass is 35.7. The first kappa shape index (κ1) is 9.83. The van der Waals surface area contributed by atoms with Gasteiger partial charge in [-0.1, -0.05) is 0 Å². The summed E-state index contributed by atoms with van der Waals surface area (Å²) in [5, 5.41) is 0. The summed E-state index contributed by atoms with van der Waals surface area (Å²) in [5.74, 6) is 0. The Hall–Kier alpha value is 0.662. The standard InChI is InChI=1S/Al.ClHO4/c;2-1(3,4)5/h;(H,2,3,4,5). The third-order valence-corrected chi connectivity index (χ3v) is 0. The maximum atomic E-state index is 8.60. The molecule has 0 unspecified atom stereocenters. The van der Waals surface area contributed by atoms with Crippen molar-refractivity contribution in [1.29, 1.82) is 0 Å². The molecular formula is HAlClO4. The Morgan fingerprint density at radius 1 is 1.17 bits per heavy atom. The van der Waals surface area contributed by atoms with Crippen molar-refractivity contribution in [1.82, 2.24) is 0 Å². The maximum absolute atomic E-state index is 8.60. The van der Waals surface area contributed by atoms with Crippen LogP contribution in [0.3, 0.4) is 0 Å². The van der Waals surface area contributed by atoms with Crippen LogP contribution in [-0.4, -0.2) is 22.0 Å². The van der Waals surface area contributed by atoms with Gasteiger partial charge in [0.1, 0.15) is 0 Å². The average molecular weight is 127 g/mol. The van der Waals surface area contributed by atoms with Gasteiger partial charge >= 0.3 is 0 Å². The van der Waals surface area contributed by atoms with Crippen LogP contribution in [0.5, 0.6) is 0 Å². The van der Waals surface area contributed by atoms with Gasteiger partial charge in [-0.3, -0.25) is 0 Å². The minimum Gasteiger partial charge on any atom is -0.183 e. The molecule has 0 fully saturated rings. The monoisotopic (exact) mass is 127 g/mol. The topological polar surface area (TPSA) is 89.4 Å². The first-order valence-corrected chi connectivity index (χ1v) is 1.90. The summed E-state index contributed by atoms with van der Waals surface area (Å²) in [6, 6.07) is 0. The van der Waals surface area contributed by atoms with E-state index < -0.39 is 10.2 Å². The Morgan fingerprint density at radius 2 is 1.17 bits per heavy atom. The molecular weight excluding hydrogens is 126 g/mol. The molecule has 0 aromatic rings. The van der Waals surface area contributed by atoms with Crippen molar-refractivity contribution in [2.45, 2.75) is 0 Å². The third-order valence-electron chi connectivity index (χ3n) is 0. The zero-order valence-electron chi connectivity index (χ0n) is 2.63. The molecule has 0 aliphatic rings. The molecule has 0 aromatic heterocycles. The zero-order chi connectivity index (χ0) is 4.50. The highest BCUT2D eigenvalue weighted by Gasteiger charge is 1.98. The molecule has 0 aliphatic heterocycles. The third kappa shape index (κ3) is 143. The molecule has 0 amide bonds. The van der Waals surface area contributed by atoms with Gasteiger partial charge in [0.25, 0.3) is 0 Å². The fourth-order valence-electron chi connectivity index (χ4n) is 0. The summed E-state index contributed by atoms with van der Waals surface area (Å²) in [6.07, 6.45) is 0. The van der Waals surface area contributed by atoms with Gasteiger partial charge in [0, 0.05) is 17.4 Å². The molecule has 6 heavy (non-hydrogen) atoms. The van der Waals surface area contributed by atoms with Crippen LogP contribution in [0, 0.1) is 10.2 Å². The van der Waals surface area contributed by atoms with E-state index >= 15 is 0 Å². The Balaban J connectivity index is 0. The van der Waals surface area contributed by atoms with Gasteiger partial charge in [-0.2, -0.15) is 14.0 Å². The fraction of sp³-hybridized carbons (Fsp3) is 0. The molecule has 6 heteroatoms. The van der Waals surface area contributed by atoms with E-state index in [1.165, 1.54) is 0 Å². The Morgan fingerprint density at radius 3 is 1.17 bits per heavy atom. The summed E-state index contributed by atoms with van der Waals surface area (Å²) in [5.41, 5.74) is 0. The minimum absolute atomic E-state index is 0. The molecule has 0 atom stereocenters. The number of hydrogen-bond acceptors (Lipinski definition) is 4. The summed E-state index contributed by atoms with van der Waals surface area (Å²) in [6.45, 7) is 0. The van der Waals surface area contributed by atoms with Gasteiger partial charge in [0.15, 0.2) is 0 Å². The lowest BCUT2D eigenvalue weighted by molar-refractivity contribution is -1.92. The predicted octanol–water partition coefficient (Wildman–Crippen LogP) is -4.50. The number of halogens is 1. The van der Waals surface area contributed by atoms with Crippen LogP contribution >= 0.6 is 0 Å². The molecule has 1 N–H and O–H groups in total. The first-order chi connectivity index (χ1) is 2.00. The largest absolute Gasteiger partial charge is 0.183 e. The van der Waals surface area contributed by atoms with Crippen LogP contribution in [-0.2, 0) is 0 Å². The quantitative estimate of drug-likeness (QED) is 0.332. The van der Waals surface area contributed by atoms with E-state index in [-0.39, 0.29) is 17.4 Å². The second-order valence-corrected chi connectivity index (χ2v) is 1.19. The van der Waals surface area contributed by atoms with E-state index in [2.05, 4.69) is 0 Å². The normalized spacial score (nSPS) is 10.0. The van der Waals surface area contributed by atoms with Crippen LogP contribution in [0.2, 0.25) is 0 Å². The SMILES string of the molecule is [Al].[O-][Cl+3]([O-])([O-])O. The minimum atomic E-state index is -4.69. The van der Waals surface area contributed by atoms with Gasteiger partial charge < -0.3 is 0 Å². The first-order valence-electron chi connectivity index (χ1n) is 0.632. The van der Waals surface area contributed by atoms with Crippen molar-refractivity contribution in [2.24, 2.45) is 0 Å². The highest BCUT2D eigenvalue weighted by Crippen LogP contribution is 1.60. The summed E-state index contributed by atoms with van der Waals surface area (Å²) < 4.78 is 32.7. The molecule has 35 valence electrons. The van der Waals surface area contributed by atoms with E-state index in [0.29, 0.717) is 0 Å². The van der Waals surface area contributed by atoms with Crippen molar-refractivity contribution < 1.29 is 28.9 Å². The van der Waals surface area contributed by atoms with Crippen LogP contribution in [0.25, 0.3) is 0 Å². The van der Waals surface area contributed by atoms with E-state index in [0.717, 1.165) is 0 Å². The van der Waals surface area contributed by atoms with Crippen LogP contribution in [0.15, 0.2) is 0 Å². The van der Waals surface area contributed by atoms with Crippen molar-refractivity contribution >= 4 is 17.4 Å². The molecule has 0 saturated carbocycles. The molecule has 0 rings (SSSR count). The molecule has 0 bridgehead atoms. The van der Waals surface area contributed by atoms with Gasteiger partial charge in [-0.15, -0.1) is 0 Å². The molecule has 0 aliphatic carbocycles. The number of hydrogen-bond donors (Lipinski definition) is 1. The fourth-order valence-corrected chi connectivity index (χ4v) is 0. The van der Waals surface area contributed by atoms with E-state index in [1.54, 1.807) is 0 Å². The highest BCUT2D eigenvalue weighted by molar-refractivity contribution is 5.75. The van der Waals surface area contributed by atoms with Crippen molar-refractivity contribution in [3.8, 4) is 0 Å². The van der Waals surface area contributed by atoms with E-state index in [4.69, 9.17) is 18.6 Å². The molecule has 4 nitrogen and oxygen atoms in total. The van der Waals surface area contributed by atoms with Crippen LogP contribution in [0.1, 0.15) is 0 Å². The molecule has 3 radical (unpaired) electrons. The molecule has 0 saturated heterocycles. The second-order valence-electron chi connectivity index (χ2n) is 0.396. The van der Waals surface area contributed by atoms with E-state index in [9.17, 15) is 0 Å². The Bertz CT molecular complexity index is 23.0. The molecule has 0 aromatic carbocycles. The number of rotatable bonds is 0. The maximum Gasteiger partial charge on any atom is 0.0777 e. The Labute approximate surface area is 46.9 Å². The zero-order valence-corrected chi connectivity index (χ0v) is 4.54. The van der Waals surface area contributed by atoms with Crippen molar-refractivity contribution in [3.63, 3.8) is 0 Å². The summed E-state index contributed by atoms with van der Waals surface area (Å²) in [7, 11) is -4.69. The molecule has 0 heterocycles. The second kappa shape index (κ2) is 2.77. The lowest BCUT2D eigenvalue weighted by Crippen LogP contribution is -2.58. The van der Waals surface area contributed by atoms with Gasteiger partial charge in [0.05, 0.1) is 14.9 Å². The van der Waals surface area contributed by atoms with Gasteiger partial charge in [-0.25, -0.2) is 0 Å². The summed E-state index contributed by atoms with van der Waals surface area (Å²) >= 11 is 0. The predicted molar refractivity (Wildman–Crippen MR) is 7.97 cm³/mol. The van der Waals surface area contributed by atoms with Crippen LogP contribution in [0.4, 0.5) is 0 Å². The van der Waals surface area contributed by atoms with Gasteiger partial charge in [-0.05, 0) is 0 Å².